The van der Waals surface area contributed by atoms with E-state index in [2.05, 4.69) is 20.5 Å². The van der Waals surface area contributed by atoms with Crippen LogP contribution in [0.2, 0.25) is 0 Å². The predicted molar refractivity (Wildman–Crippen MR) is 78.3 cm³/mol. The molecule has 1 atom stereocenters. The highest BCUT2D eigenvalue weighted by atomic mass is 16.3. The van der Waals surface area contributed by atoms with Crippen molar-refractivity contribution in [2.75, 3.05) is 13.2 Å². The lowest BCUT2D eigenvalue weighted by atomic mass is 10.1. The molecule has 0 amide bonds. The molecule has 106 valence electrons. The van der Waals surface area contributed by atoms with E-state index >= 15 is 0 Å². The highest BCUT2D eigenvalue weighted by molar-refractivity contribution is 6.69. The van der Waals surface area contributed by atoms with Gasteiger partial charge < -0.3 is 15.9 Å². The number of nitrogens with zero attached hydrogens (tertiary/aromatic N) is 3. The SMILES string of the molecule is CC1=NN=C(N)C1=Nc1ccc(C(O)NCCO)cc1. The third-order valence-corrected chi connectivity index (χ3v) is 2.79. The van der Waals surface area contributed by atoms with Crippen molar-refractivity contribution in [3.8, 4) is 0 Å². The Bertz CT molecular complexity index is 543. The molecule has 1 aliphatic heterocycles. The lowest BCUT2D eigenvalue weighted by Gasteiger charge is -2.12. The van der Waals surface area contributed by atoms with Crippen LogP contribution < -0.4 is 11.1 Å². The fourth-order valence-electron chi connectivity index (χ4n) is 1.73. The summed E-state index contributed by atoms with van der Waals surface area (Å²) in [5.41, 5.74) is 8.32. The van der Waals surface area contributed by atoms with Crippen molar-refractivity contribution in [2.45, 2.75) is 13.2 Å². The Labute approximate surface area is 116 Å². The molecule has 20 heavy (non-hydrogen) atoms. The zero-order valence-electron chi connectivity index (χ0n) is 11.1. The van der Waals surface area contributed by atoms with Gasteiger partial charge in [-0.2, -0.15) is 5.10 Å². The fourth-order valence-corrected chi connectivity index (χ4v) is 1.73. The number of amidine groups is 1. The van der Waals surface area contributed by atoms with E-state index < -0.39 is 6.23 Å². The van der Waals surface area contributed by atoms with Gasteiger partial charge in [-0.3, -0.25) is 5.32 Å². The molecule has 0 aliphatic carbocycles. The van der Waals surface area contributed by atoms with E-state index in [-0.39, 0.29) is 6.61 Å². The van der Waals surface area contributed by atoms with Crippen LogP contribution in [0.15, 0.2) is 39.5 Å². The summed E-state index contributed by atoms with van der Waals surface area (Å²) in [6, 6.07) is 7.04. The maximum atomic E-state index is 9.79. The average molecular weight is 275 g/mol. The van der Waals surface area contributed by atoms with E-state index in [9.17, 15) is 5.11 Å². The number of nitrogens with one attached hydrogen (secondary N) is 1. The highest BCUT2D eigenvalue weighted by Gasteiger charge is 2.15. The minimum absolute atomic E-state index is 0.0278. The van der Waals surface area contributed by atoms with Gasteiger partial charge in [0.2, 0.25) is 0 Å². The van der Waals surface area contributed by atoms with E-state index in [1.165, 1.54) is 0 Å². The summed E-state index contributed by atoms with van der Waals surface area (Å²) in [7, 11) is 0. The molecule has 7 heteroatoms. The van der Waals surface area contributed by atoms with Gasteiger partial charge in [-0.1, -0.05) is 12.1 Å². The maximum absolute atomic E-state index is 9.79. The molecule has 5 N–H and O–H groups in total. The second-order valence-corrected chi connectivity index (χ2v) is 4.30. The molecule has 0 spiro atoms. The van der Waals surface area contributed by atoms with Gasteiger partial charge in [0.25, 0.3) is 0 Å². The average Bonchev–Trinajstić information content (AvgIpc) is 2.77. The van der Waals surface area contributed by atoms with Crippen molar-refractivity contribution in [3.05, 3.63) is 29.8 Å². The minimum atomic E-state index is -0.815. The molecular weight excluding hydrogens is 258 g/mol. The Balaban J connectivity index is 2.11. The quantitative estimate of drug-likeness (QED) is 0.569. The summed E-state index contributed by atoms with van der Waals surface area (Å²) in [6.45, 7) is 2.09. The molecule has 7 nitrogen and oxygen atoms in total. The largest absolute Gasteiger partial charge is 0.395 e. The maximum Gasteiger partial charge on any atom is 0.173 e. The molecule has 0 aromatic heterocycles. The van der Waals surface area contributed by atoms with Gasteiger partial charge >= 0.3 is 0 Å². The van der Waals surface area contributed by atoms with Gasteiger partial charge in [-0.15, -0.1) is 5.10 Å². The third kappa shape index (κ3) is 3.27. The second kappa shape index (κ2) is 6.38. The van der Waals surface area contributed by atoms with Gasteiger partial charge in [-0.05, 0) is 24.6 Å². The molecule has 1 aromatic carbocycles. The van der Waals surface area contributed by atoms with E-state index in [0.717, 1.165) is 0 Å². The second-order valence-electron chi connectivity index (χ2n) is 4.30. The number of nitrogens with two attached hydrogens (primary N) is 1. The number of aliphatic hydroxyl groups excluding tert-OH is 2. The van der Waals surface area contributed by atoms with Crippen molar-refractivity contribution in [1.29, 1.82) is 0 Å². The van der Waals surface area contributed by atoms with E-state index in [1.54, 1.807) is 31.2 Å². The number of hydrogen-bond donors (Lipinski definition) is 4. The Morgan fingerprint density at radius 3 is 2.55 bits per heavy atom. The highest BCUT2D eigenvalue weighted by Crippen LogP contribution is 2.18. The Kier molecular flexibility index (Phi) is 4.57. The Morgan fingerprint density at radius 2 is 2.00 bits per heavy atom. The van der Waals surface area contributed by atoms with E-state index in [4.69, 9.17) is 10.8 Å². The van der Waals surface area contributed by atoms with Crippen LogP contribution >= 0.6 is 0 Å². The number of benzene rings is 1. The summed E-state index contributed by atoms with van der Waals surface area (Å²) in [5.74, 6) is 0.302. The Hall–Kier alpha value is -2.09. The lowest BCUT2D eigenvalue weighted by Crippen LogP contribution is -2.25. The molecule has 2 rings (SSSR count). The van der Waals surface area contributed by atoms with Crippen LogP contribution in [-0.2, 0) is 0 Å². The number of aliphatic hydroxyl groups is 2. The van der Waals surface area contributed by atoms with Crippen molar-refractivity contribution >= 4 is 22.9 Å². The first-order chi connectivity index (χ1) is 9.61. The third-order valence-electron chi connectivity index (χ3n) is 2.79. The van der Waals surface area contributed by atoms with Gasteiger partial charge in [0.15, 0.2) is 5.84 Å². The summed E-state index contributed by atoms with van der Waals surface area (Å²) in [4.78, 5) is 4.37. The number of rotatable bonds is 5. The summed E-state index contributed by atoms with van der Waals surface area (Å²) in [6.07, 6.45) is -0.815. The smallest absolute Gasteiger partial charge is 0.173 e. The van der Waals surface area contributed by atoms with Crippen LogP contribution in [0.3, 0.4) is 0 Å². The summed E-state index contributed by atoms with van der Waals surface area (Å²) < 4.78 is 0. The zero-order valence-corrected chi connectivity index (χ0v) is 11.1. The molecule has 1 aromatic rings. The zero-order chi connectivity index (χ0) is 14.5. The van der Waals surface area contributed by atoms with Crippen LogP contribution in [0.25, 0.3) is 0 Å². The van der Waals surface area contributed by atoms with Crippen LogP contribution in [0, 0.1) is 0 Å². The van der Waals surface area contributed by atoms with Gasteiger partial charge in [0, 0.05) is 6.54 Å². The van der Waals surface area contributed by atoms with Gasteiger partial charge in [0.1, 0.15) is 11.9 Å². The van der Waals surface area contributed by atoms with Crippen molar-refractivity contribution in [2.24, 2.45) is 20.9 Å². The van der Waals surface area contributed by atoms with Crippen LogP contribution in [-0.4, -0.2) is 40.6 Å². The van der Waals surface area contributed by atoms with Crippen molar-refractivity contribution in [1.82, 2.24) is 5.32 Å². The first kappa shape index (κ1) is 14.3. The normalized spacial score (nSPS) is 18.1. The van der Waals surface area contributed by atoms with Crippen LogP contribution in [0.1, 0.15) is 18.7 Å². The van der Waals surface area contributed by atoms with Crippen molar-refractivity contribution < 1.29 is 10.2 Å². The van der Waals surface area contributed by atoms with Crippen LogP contribution in [0.4, 0.5) is 5.69 Å². The first-order valence-electron chi connectivity index (χ1n) is 6.21. The fraction of sp³-hybridized carbons (Fsp3) is 0.308. The molecule has 0 saturated carbocycles. The lowest BCUT2D eigenvalue weighted by molar-refractivity contribution is 0.129. The van der Waals surface area contributed by atoms with E-state index in [0.29, 0.717) is 35.1 Å². The monoisotopic (exact) mass is 275 g/mol. The molecule has 1 unspecified atom stereocenters. The summed E-state index contributed by atoms with van der Waals surface area (Å²) in [5, 5.41) is 28.9. The topological polar surface area (TPSA) is 116 Å². The molecule has 0 fully saturated rings. The molecule has 0 bridgehead atoms. The number of aliphatic imine (C=N–C) groups is 1. The van der Waals surface area contributed by atoms with Gasteiger partial charge in [0.05, 0.1) is 18.0 Å². The molecule has 1 heterocycles. The molecule has 1 aliphatic rings. The van der Waals surface area contributed by atoms with E-state index in [1.807, 2.05) is 0 Å². The standard InChI is InChI=1S/C13H17N5O2/c1-8-11(12(14)18-17-8)16-10-4-2-9(3-5-10)13(20)15-6-7-19/h2-5,13,15,19-20H,6-7H2,1H3,(H2,14,16,18). The summed E-state index contributed by atoms with van der Waals surface area (Å²) >= 11 is 0. The minimum Gasteiger partial charge on any atom is -0.395 e. The molecular formula is C13H17N5O2. The van der Waals surface area contributed by atoms with Gasteiger partial charge in [-0.25, -0.2) is 4.99 Å². The molecule has 0 radical (unpaired) electrons. The Morgan fingerprint density at radius 1 is 1.30 bits per heavy atom. The number of hydrogen-bond acceptors (Lipinski definition) is 7. The first-order valence-corrected chi connectivity index (χ1v) is 6.21. The van der Waals surface area contributed by atoms with Crippen molar-refractivity contribution in [3.63, 3.8) is 0 Å². The molecule has 0 saturated heterocycles. The predicted octanol–water partition coefficient (Wildman–Crippen LogP) is 0.0786. The van der Waals surface area contributed by atoms with Crippen LogP contribution in [0.5, 0.6) is 0 Å².